The lowest BCUT2D eigenvalue weighted by molar-refractivity contribution is 0.0600. The molecule has 0 saturated carbocycles. The molecule has 9 heteroatoms. The number of anilines is 1. The summed E-state index contributed by atoms with van der Waals surface area (Å²) in [6.07, 6.45) is 1.56. The van der Waals surface area contributed by atoms with Gasteiger partial charge >= 0.3 is 18.1 Å². The van der Waals surface area contributed by atoms with E-state index in [0.717, 1.165) is 18.4 Å². The molecule has 1 heterocycles. The van der Waals surface area contributed by atoms with Crippen LogP contribution < -0.4 is 4.90 Å². The Morgan fingerprint density at radius 2 is 1.83 bits per heavy atom. The van der Waals surface area contributed by atoms with Crippen LogP contribution in [-0.2, 0) is 17.9 Å². The van der Waals surface area contributed by atoms with E-state index in [1.807, 2.05) is 6.07 Å². The first-order valence-electron chi connectivity index (χ1n) is 11.8. The number of carbonyl (C=O) groups excluding carboxylic acids is 2. The molecule has 2 N–H and O–H groups in total. The molecule has 2 aromatic carbocycles. The molecule has 1 atom stereocenters. The molecule has 0 bridgehead atoms. The summed E-state index contributed by atoms with van der Waals surface area (Å²) < 4.78 is 4.75. The molecular weight excluding hydrogens is 450 g/mol. The van der Waals surface area contributed by atoms with Crippen molar-refractivity contribution in [3.8, 4) is 0 Å². The number of hydrogen-bond acceptors (Lipinski definition) is 5. The van der Waals surface area contributed by atoms with Crippen LogP contribution in [0.4, 0.5) is 15.3 Å². The highest BCUT2D eigenvalue weighted by Gasteiger charge is 2.34. The standard InChI is InChI=1S/C26H33N3O6/c1-3-4-7-23-17-27(13-14-28(23)26(33)34)25(32)29(22-8-5-6-20(15-22)18-30)16-19-9-11-21(12-10-19)24(31)35-2/h5-6,8-12,15,23,30H,3-4,7,13-14,16-18H2,1-2H3,(H,33,34). The van der Waals surface area contributed by atoms with Crippen LogP contribution in [-0.4, -0.2) is 70.9 Å². The van der Waals surface area contributed by atoms with Crippen LogP contribution in [0.1, 0.15) is 47.7 Å². The molecule has 35 heavy (non-hydrogen) atoms. The SMILES string of the molecule is CCCCC1CN(C(=O)N(Cc2ccc(C(=O)OC)cc2)c2cccc(CO)c2)CCN1C(=O)O. The van der Waals surface area contributed by atoms with E-state index in [1.165, 1.54) is 12.0 Å². The molecule has 3 amide bonds. The monoisotopic (exact) mass is 483 g/mol. The Morgan fingerprint density at radius 3 is 2.46 bits per heavy atom. The maximum atomic E-state index is 13.8. The number of esters is 1. The van der Waals surface area contributed by atoms with E-state index in [9.17, 15) is 24.6 Å². The number of amides is 3. The van der Waals surface area contributed by atoms with Gasteiger partial charge < -0.3 is 24.7 Å². The zero-order chi connectivity index (χ0) is 25.4. The van der Waals surface area contributed by atoms with Crippen molar-refractivity contribution in [1.82, 2.24) is 9.80 Å². The summed E-state index contributed by atoms with van der Waals surface area (Å²) >= 11 is 0. The molecule has 3 rings (SSSR count). The number of carboxylic acid groups (broad SMARTS) is 1. The lowest BCUT2D eigenvalue weighted by atomic mass is 10.1. The second kappa shape index (κ2) is 12.2. The fourth-order valence-electron chi connectivity index (χ4n) is 4.28. The van der Waals surface area contributed by atoms with Gasteiger partial charge in [-0.05, 0) is 41.8 Å². The predicted octanol–water partition coefficient (Wildman–Crippen LogP) is 3.95. The highest BCUT2D eigenvalue weighted by atomic mass is 16.5. The van der Waals surface area contributed by atoms with Crippen molar-refractivity contribution >= 4 is 23.8 Å². The first-order valence-corrected chi connectivity index (χ1v) is 11.8. The van der Waals surface area contributed by atoms with Gasteiger partial charge in [-0.15, -0.1) is 0 Å². The molecule has 1 unspecified atom stereocenters. The lowest BCUT2D eigenvalue weighted by Gasteiger charge is -2.41. The number of methoxy groups -OCH3 is 1. The van der Waals surface area contributed by atoms with Crippen LogP contribution >= 0.6 is 0 Å². The molecule has 9 nitrogen and oxygen atoms in total. The quantitative estimate of drug-likeness (QED) is 0.550. The van der Waals surface area contributed by atoms with E-state index in [0.29, 0.717) is 36.3 Å². The first-order chi connectivity index (χ1) is 16.9. The summed E-state index contributed by atoms with van der Waals surface area (Å²) in [5.74, 6) is -0.436. The van der Waals surface area contributed by atoms with Crippen molar-refractivity contribution in [3.05, 3.63) is 65.2 Å². The van der Waals surface area contributed by atoms with E-state index in [2.05, 4.69) is 6.92 Å². The molecule has 1 fully saturated rings. The van der Waals surface area contributed by atoms with Crippen LogP contribution in [0, 0.1) is 0 Å². The molecule has 1 saturated heterocycles. The molecule has 0 spiro atoms. The average molecular weight is 484 g/mol. The van der Waals surface area contributed by atoms with Crippen LogP contribution in [0.2, 0.25) is 0 Å². The van der Waals surface area contributed by atoms with Crippen molar-refractivity contribution in [3.63, 3.8) is 0 Å². The number of unbranched alkanes of at least 4 members (excludes halogenated alkanes) is 1. The van der Waals surface area contributed by atoms with Crippen LogP contribution in [0.15, 0.2) is 48.5 Å². The minimum absolute atomic E-state index is 0.153. The Balaban J connectivity index is 1.87. The molecule has 1 aliphatic heterocycles. The van der Waals surface area contributed by atoms with Crippen molar-refractivity contribution in [2.75, 3.05) is 31.6 Å². The van der Waals surface area contributed by atoms with Gasteiger partial charge in [-0.3, -0.25) is 4.90 Å². The maximum Gasteiger partial charge on any atom is 0.407 e. The van der Waals surface area contributed by atoms with E-state index in [-0.39, 0.29) is 31.8 Å². The summed E-state index contributed by atoms with van der Waals surface area (Å²) in [5.41, 5.74) is 2.54. The number of nitrogens with zero attached hydrogens (tertiary/aromatic N) is 3. The second-order valence-electron chi connectivity index (χ2n) is 8.60. The van der Waals surface area contributed by atoms with Gasteiger partial charge in [-0.2, -0.15) is 0 Å². The van der Waals surface area contributed by atoms with Crippen molar-refractivity contribution in [2.45, 2.75) is 45.4 Å². The highest BCUT2D eigenvalue weighted by molar-refractivity contribution is 5.92. The molecule has 2 aromatic rings. The normalized spacial score (nSPS) is 15.6. The van der Waals surface area contributed by atoms with E-state index >= 15 is 0 Å². The third-order valence-electron chi connectivity index (χ3n) is 6.24. The van der Waals surface area contributed by atoms with Gasteiger partial charge in [-0.25, -0.2) is 14.4 Å². The zero-order valence-corrected chi connectivity index (χ0v) is 20.2. The summed E-state index contributed by atoms with van der Waals surface area (Å²) in [4.78, 5) is 42.0. The Bertz CT molecular complexity index is 1030. The van der Waals surface area contributed by atoms with Crippen molar-refractivity contribution in [2.24, 2.45) is 0 Å². The molecule has 1 aliphatic rings. The zero-order valence-electron chi connectivity index (χ0n) is 20.2. The number of ether oxygens (including phenoxy) is 1. The summed E-state index contributed by atoms with van der Waals surface area (Å²) in [5, 5.41) is 19.2. The van der Waals surface area contributed by atoms with Crippen LogP contribution in [0.3, 0.4) is 0 Å². The van der Waals surface area contributed by atoms with Gasteiger partial charge in [0.25, 0.3) is 0 Å². The minimum Gasteiger partial charge on any atom is -0.465 e. The topological polar surface area (TPSA) is 111 Å². The van der Waals surface area contributed by atoms with Gasteiger partial charge in [0.1, 0.15) is 0 Å². The highest BCUT2D eigenvalue weighted by Crippen LogP contribution is 2.24. The number of urea groups is 1. The predicted molar refractivity (Wildman–Crippen MR) is 131 cm³/mol. The summed E-state index contributed by atoms with van der Waals surface area (Å²) in [6.45, 7) is 3.02. The second-order valence-corrected chi connectivity index (χ2v) is 8.60. The minimum atomic E-state index is -0.962. The van der Waals surface area contributed by atoms with Gasteiger partial charge in [-0.1, -0.05) is 44.0 Å². The van der Waals surface area contributed by atoms with E-state index < -0.39 is 12.1 Å². The van der Waals surface area contributed by atoms with Crippen LogP contribution in [0.5, 0.6) is 0 Å². The number of aliphatic hydroxyl groups excluding tert-OH is 1. The third kappa shape index (κ3) is 6.51. The summed E-state index contributed by atoms with van der Waals surface area (Å²) in [7, 11) is 1.32. The Hall–Kier alpha value is -3.59. The van der Waals surface area contributed by atoms with Gasteiger partial charge in [0.05, 0.1) is 31.9 Å². The Kier molecular flexibility index (Phi) is 9.08. The number of benzene rings is 2. The maximum absolute atomic E-state index is 13.8. The molecular formula is C26H33N3O6. The van der Waals surface area contributed by atoms with Gasteiger partial charge in [0.15, 0.2) is 0 Å². The van der Waals surface area contributed by atoms with Gasteiger partial charge in [0.2, 0.25) is 0 Å². The van der Waals surface area contributed by atoms with Gasteiger partial charge in [0, 0.05) is 25.3 Å². The molecule has 0 radical (unpaired) electrons. The number of aliphatic hydroxyl groups is 1. The molecule has 188 valence electrons. The van der Waals surface area contributed by atoms with Crippen molar-refractivity contribution in [1.29, 1.82) is 0 Å². The number of piperazine rings is 1. The largest absolute Gasteiger partial charge is 0.465 e. The summed E-state index contributed by atoms with van der Waals surface area (Å²) in [6, 6.07) is 13.5. The Labute approximate surface area is 205 Å². The fraction of sp³-hybridized carbons (Fsp3) is 0.423. The molecule has 0 aliphatic carbocycles. The first kappa shape index (κ1) is 26.0. The lowest BCUT2D eigenvalue weighted by Crippen LogP contribution is -2.58. The fourth-order valence-corrected chi connectivity index (χ4v) is 4.28. The number of hydrogen-bond donors (Lipinski definition) is 2. The molecule has 0 aromatic heterocycles. The van der Waals surface area contributed by atoms with Crippen molar-refractivity contribution < 1.29 is 29.3 Å². The van der Waals surface area contributed by atoms with E-state index in [1.54, 1.807) is 52.3 Å². The average Bonchev–Trinajstić information content (AvgIpc) is 2.89. The third-order valence-corrected chi connectivity index (χ3v) is 6.24. The smallest absolute Gasteiger partial charge is 0.407 e. The Morgan fingerprint density at radius 1 is 1.09 bits per heavy atom. The number of rotatable bonds is 8. The van der Waals surface area contributed by atoms with Crippen LogP contribution in [0.25, 0.3) is 0 Å². The number of carbonyl (C=O) groups is 3. The van der Waals surface area contributed by atoms with E-state index in [4.69, 9.17) is 4.74 Å².